The molecule has 1 saturated heterocycles. The van der Waals surface area contributed by atoms with Crippen LogP contribution in [-0.4, -0.2) is 79.3 Å². The molecule has 3 rings (SSSR count). The van der Waals surface area contributed by atoms with E-state index in [2.05, 4.69) is 6.07 Å². The van der Waals surface area contributed by atoms with Crippen LogP contribution >= 0.6 is 0 Å². The third kappa shape index (κ3) is 3.59. The van der Waals surface area contributed by atoms with E-state index in [1.807, 2.05) is 16.8 Å². The van der Waals surface area contributed by atoms with Crippen LogP contribution < -0.4 is 0 Å². The Morgan fingerprint density at radius 2 is 2.00 bits per heavy atom. The standard InChI is InChI=1S/C22H27N3O5/c1-6-12(2)22(28)30-11-17-18-16(19(26)13(3)21(29-5)20(18)27)7-14-9-24(4)10-15(8-23)25(14)17/h6,14-15,17H,7,9-11H2,1-5H3/b12-6-/t14-,15+,17+/m0/s1. The van der Waals surface area contributed by atoms with Crippen molar-refractivity contribution in [1.82, 2.24) is 9.80 Å². The summed E-state index contributed by atoms with van der Waals surface area (Å²) >= 11 is 0. The number of carbonyl (C=O) groups excluding carboxylic acids is 3. The highest BCUT2D eigenvalue weighted by Crippen LogP contribution is 2.39. The maximum Gasteiger partial charge on any atom is 0.333 e. The topological polar surface area (TPSA) is 99.9 Å². The van der Waals surface area contributed by atoms with Gasteiger partial charge >= 0.3 is 5.97 Å². The third-order valence-corrected chi connectivity index (χ3v) is 6.13. The molecule has 0 aromatic heterocycles. The third-order valence-electron chi connectivity index (χ3n) is 6.13. The Bertz CT molecular complexity index is 924. The van der Waals surface area contributed by atoms with Crippen molar-refractivity contribution in [2.75, 3.05) is 33.9 Å². The molecule has 0 bridgehead atoms. The minimum atomic E-state index is -0.680. The first-order valence-corrected chi connectivity index (χ1v) is 9.98. The quantitative estimate of drug-likeness (QED) is 0.384. The zero-order valence-corrected chi connectivity index (χ0v) is 18.0. The molecular weight excluding hydrogens is 386 g/mol. The number of ketones is 2. The molecule has 3 atom stereocenters. The lowest BCUT2D eigenvalue weighted by atomic mass is 9.77. The van der Waals surface area contributed by atoms with Gasteiger partial charge in [-0.15, -0.1) is 0 Å². The van der Waals surface area contributed by atoms with E-state index in [0.29, 0.717) is 30.7 Å². The molecule has 3 aliphatic rings. The van der Waals surface area contributed by atoms with Gasteiger partial charge in [0, 0.05) is 41.4 Å². The number of allylic oxidation sites excluding steroid dienone is 3. The van der Waals surface area contributed by atoms with Crippen LogP contribution in [0, 0.1) is 11.3 Å². The number of hydrogen-bond acceptors (Lipinski definition) is 8. The van der Waals surface area contributed by atoms with Gasteiger partial charge in [0.1, 0.15) is 12.6 Å². The molecule has 0 radical (unpaired) electrons. The predicted molar refractivity (Wildman–Crippen MR) is 108 cm³/mol. The Morgan fingerprint density at radius 1 is 1.30 bits per heavy atom. The first kappa shape index (κ1) is 21.9. The fourth-order valence-electron chi connectivity index (χ4n) is 4.54. The van der Waals surface area contributed by atoms with Crippen molar-refractivity contribution in [2.45, 2.75) is 45.3 Å². The monoisotopic (exact) mass is 413 g/mol. The SMILES string of the molecule is C/C=C(/C)C(=O)OC[C@@H]1C2=C(C[C@H]3CN(C)C[C@@H](C#N)N31)C(=O)C(C)=C(OC)C2=O. The molecule has 1 fully saturated rings. The van der Waals surface area contributed by atoms with Gasteiger partial charge in [-0.2, -0.15) is 5.26 Å². The van der Waals surface area contributed by atoms with E-state index in [0.717, 1.165) is 0 Å². The smallest absolute Gasteiger partial charge is 0.333 e. The molecule has 8 heteroatoms. The Balaban J connectivity index is 2.07. The van der Waals surface area contributed by atoms with Crippen LogP contribution in [0.15, 0.2) is 34.1 Å². The fourth-order valence-corrected chi connectivity index (χ4v) is 4.54. The number of nitriles is 1. The second kappa shape index (κ2) is 8.54. The van der Waals surface area contributed by atoms with Gasteiger partial charge in [0.15, 0.2) is 11.5 Å². The highest BCUT2D eigenvalue weighted by Gasteiger charge is 2.49. The van der Waals surface area contributed by atoms with Crippen LogP contribution in [0.25, 0.3) is 0 Å². The molecule has 1 aliphatic carbocycles. The van der Waals surface area contributed by atoms with E-state index in [1.165, 1.54) is 7.11 Å². The van der Waals surface area contributed by atoms with E-state index >= 15 is 0 Å². The number of carbonyl (C=O) groups is 3. The van der Waals surface area contributed by atoms with Crippen molar-refractivity contribution in [2.24, 2.45) is 0 Å². The number of Topliss-reactive ketones (excluding diaryl/α,β-unsaturated/α-hetero) is 2. The Labute approximate surface area is 176 Å². The number of esters is 1. The second-order valence-electron chi connectivity index (χ2n) is 7.97. The number of hydrogen-bond donors (Lipinski definition) is 0. The summed E-state index contributed by atoms with van der Waals surface area (Å²) in [4.78, 5) is 42.6. The normalized spacial score (nSPS) is 28.1. The molecular formula is C22H27N3O5. The van der Waals surface area contributed by atoms with Crippen LogP contribution in [0.5, 0.6) is 0 Å². The molecule has 0 amide bonds. The van der Waals surface area contributed by atoms with E-state index in [1.54, 1.807) is 26.8 Å². The van der Waals surface area contributed by atoms with Crippen LogP contribution in [0.1, 0.15) is 27.2 Å². The first-order chi connectivity index (χ1) is 14.2. The van der Waals surface area contributed by atoms with Crippen molar-refractivity contribution < 1.29 is 23.9 Å². The number of ether oxygens (including phenoxy) is 2. The van der Waals surface area contributed by atoms with Crippen LogP contribution in [0.3, 0.4) is 0 Å². The number of piperazine rings is 1. The van der Waals surface area contributed by atoms with Gasteiger partial charge in [-0.05, 0) is 34.2 Å². The maximum absolute atomic E-state index is 13.3. The summed E-state index contributed by atoms with van der Waals surface area (Å²) in [5.74, 6) is -1.07. The van der Waals surface area contributed by atoms with Crippen LogP contribution in [0.4, 0.5) is 0 Å². The summed E-state index contributed by atoms with van der Waals surface area (Å²) < 4.78 is 10.7. The number of methoxy groups -OCH3 is 1. The minimum absolute atomic E-state index is 0.0146. The average Bonchev–Trinajstić information content (AvgIpc) is 2.73. The maximum atomic E-state index is 13.3. The average molecular weight is 413 g/mol. The molecule has 2 heterocycles. The summed E-state index contributed by atoms with van der Waals surface area (Å²) in [5.41, 5.74) is 1.46. The summed E-state index contributed by atoms with van der Waals surface area (Å²) in [6, 6.07) is 1.01. The minimum Gasteiger partial charge on any atom is -0.492 e. The van der Waals surface area contributed by atoms with Crippen molar-refractivity contribution >= 4 is 17.5 Å². The van der Waals surface area contributed by atoms with E-state index in [-0.39, 0.29) is 41.1 Å². The van der Waals surface area contributed by atoms with E-state index < -0.39 is 18.1 Å². The molecule has 0 unspecified atom stereocenters. The highest BCUT2D eigenvalue weighted by atomic mass is 16.5. The van der Waals surface area contributed by atoms with Gasteiger partial charge in [0.25, 0.3) is 0 Å². The van der Waals surface area contributed by atoms with Crippen molar-refractivity contribution in [3.05, 3.63) is 34.1 Å². The molecule has 0 aromatic carbocycles. The number of nitrogens with zero attached hydrogens (tertiary/aromatic N) is 3. The zero-order valence-electron chi connectivity index (χ0n) is 18.0. The molecule has 0 aromatic rings. The van der Waals surface area contributed by atoms with Crippen LogP contribution in [-0.2, 0) is 23.9 Å². The Hall–Kier alpha value is -2.76. The Morgan fingerprint density at radius 3 is 2.60 bits per heavy atom. The molecule has 2 aliphatic heterocycles. The molecule has 0 saturated carbocycles. The summed E-state index contributed by atoms with van der Waals surface area (Å²) in [6.07, 6.45) is 2.02. The zero-order chi connectivity index (χ0) is 22.2. The van der Waals surface area contributed by atoms with E-state index in [9.17, 15) is 19.6 Å². The van der Waals surface area contributed by atoms with Gasteiger partial charge in [-0.25, -0.2) is 4.79 Å². The van der Waals surface area contributed by atoms with Crippen molar-refractivity contribution in [1.29, 1.82) is 5.26 Å². The number of fused-ring (bicyclic) bond motifs is 1. The van der Waals surface area contributed by atoms with Gasteiger partial charge in [-0.1, -0.05) is 6.08 Å². The lowest BCUT2D eigenvalue weighted by molar-refractivity contribution is -0.142. The molecule has 30 heavy (non-hydrogen) atoms. The summed E-state index contributed by atoms with van der Waals surface area (Å²) in [6.45, 7) is 6.01. The molecule has 8 nitrogen and oxygen atoms in total. The highest BCUT2D eigenvalue weighted by molar-refractivity contribution is 6.25. The summed E-state index contributed by atoms with van der Waals surface area (Å²) in [7, 11) is 3.29. The lowest BCUT2D eigenvalue weighted by Gasteiger charge is -2.50. The molecule has 160 valence electrons. The summed E-state index contributed by atoms with van der Waals surface area (Å²) in [5, 5.41) is 9.79. The van der Waals surface area contributed by atoms with Gasteiger partial charge in [0.2, 0.25) is 5.78 Å². The van der Waals surface area contributed by atoms with E-state index in [4.69, 9.17) is 9.47 Å². The predicted octanol–water partition coefficient (Wildman–Crippen LogP) is 1.15. The first-order valence-electron chi connectivity index (χ1n) is 9.98. The van der Waals surface area contributed by atoms with Crippen LogP contribution in [0.2, 0.25) is 0 Å². The fraction of sp³-hybridized carbons (Fsp3) is 0.545. The van der Waals surface area contributed by atoms with Gasteiger partial charge in [0.05, 0.1) is 19.2 Å². The second-order valence-corrected chi connectivity index (χ2v) is 7.97. The lowest BCUT2D eigenvalue weighted by Crippen LogP contribution is -2.65. The van der Waals surface area contributed by atoms with Gasteiger partial charge in [-0.3, -0.25) is 14.5 Å². The van der Waals surface area contributed by atoms with Crippen molar-refractivity contribution in [3.63, 3.8) is 0 Å². The number of likely N-dealkylation sites (N-methyl/N-ethyl adjacent to an activating group) is 1. The Kier molecular flexibility index (Phi) is 6.25. The number of rotatable bonds is 4. The molecule has 0 spiro atoms. The largest absolute Gasteiger partial charge is 0.492 e. The molecule has 0 N–H and O–H groups in total. The van der Waals surface area contributed by atoms with Gasteiger partial charge < -0.3 is 14.4 Å². The van der Waals surface area contributed by atoms with Crippen molar-refractivity contribution in [3.8, 4) is 6.07 Å².